The summed E-state index contributed by atoms with van der Waals surface area (Å²) in [4.78, 5) is 77.2. The molecule has 8 aromatic rings. The van der Waals surface area contributed by atoms with E-state index in [1.165, 1.54) is 117 Å². The highest BCUT2D eigenvalue weighted by Crippen LogP contribution is 2.47. The molecule has 6 unspecified atom stereocenters. The van der Waals surface area contributed by atoms with Crippen molar-refractivity contribution in [3.05, 3.63) is 246 Å². The van der Waals surface area contributed by atoms with Crippen LogP contribution in [0, 0.1) is 38.5 Å². The molecule has 0 aliphatic heterocycles. The number of esters is 1. The first-order valence-corrected chi connectivity index (χ1v) is 39.4. The molecule has 7 aliphatic rings. The van der Waals surface area contributed by atoms with Gasteiger partial charge in [0, 0.05) is 52.4 Å². The Labute approximate surface area is 632 Å². The van der Waals surface area contributed by atoms with Gasteiger partial charge in [-0.1, -0.05) is 197 Å². The summed E-state index contributed by atoms with van der Waals surface area (Å²) < 4.78 is 4.73. The molecule has 0 spiro atoms. The maximum Gasteiger partial charge on any atom is 0.316 e. The van der Waals surface area contributed by atoms with Gasteiger partial charge in [-0.05, 0) is 230 Å². The number of aromatic amines is 1. The number of anilines is 1. The summed E-state index contributed by atoms with van der Waals surface area (Å²) in [5, 5.41) is 4.03. The minimum atomic E-state index is -0.603. The number of aryl methyl sites for hydroxylation is 3. The van der Waals surface area contributed by atoms with E-state index in [0.717, 1.165) is 142 Å². The summed E-state index contributed by atoms with van der Waals surface area (Å²) in [6, 6.07) is 51.8. The van der Waals surface area contributed by atoms with Gasteiger partial charge >= 0.3 is 5.97 Å². The summed E-state index contributed by atoms with van der Waals surface area (Å²) >= 11 is 6.31. The summed E-state index contributed by atoms with van der Waals surface area (Å²) in [5.74, 6) is 4.92. The normalized spacial score (nSPS) is 23.4. The van der Waals surface area contributed by atoms with Crippen LogP contribution in [0.4, 0.5) is 5.82 Å². The number of H-pyrrole nitrogens is 1. The van der Waals surface area contributed by atoms with Crippen molar-refractivity contribution < 1.29 is 19.1 Å². The van der Waals surface area contributed by atoms with Crippen molar-refractivity contribution in [2.75, 3.05) is 38.2 Å². The van der Waals surface area contributed by atoms with Gasteiger partial charge in [0.25, 0.3) is 5.56 Å². The van der Waals surface area contributed by atoms with Crippen LogP contribution < -0.4 is 15.8 Å². The SMILES string of the molecule is C.CC1(c2ccccc2)CCCCC1=O.CCCN(CC1CC1)c1nc(C)nc2c1CCCC2(C)c1ccccc1.CCCNCC1CC1.COC(=O)C1CCCC(C)(c2ccccc2)C1=O.Cc1nc(Cl)c2c(n1)C(C)(c1ccccc1)CCC2.Cc1nc2c(c(=O)[nH]1)CCCC2(C)c1ccccc1. The number of ketones is 2. The number of nitrogens with one attached hydrogen (secondary N) is 2. The lowest BCUT2D eigenvalue weighted by molar-refractivity contribution is -0.152. The van der Waals surface area contributed by atoms with Crippen molar-refractivity contribution in [2.24, 2.45) is 17.8 Å². The van der Waals surface area contributed by atoms with E-state index in [4.69, 9.17) is 31.3 Å². The molecule has 7 aliphatic carbocycles. The Balaban J connectivity index is 0.000000149. The zero-order valence-electron chi connectivity index (χ0n) is 64.2. The van der Waals surface area contributed by atoms with Gasteiger partial charge in [0.2, 0.25) is 0 Å². The summed E-state index contributed by atoms with van der Waals surface area (Å²) in [5.41, 5.74) is 11.9. The van der Waals surface area contributed by atoms with E-state index in [2.05, 4.69) is 171 Å². The van der Waals surface area contributed by atoms with Gasteiger partial charge in [0.05, 0.1) is 35.0 Å². The Hall–Kier alpha value is -8.00. The number of hydrogen-bond acceptors (Lipinski definition) is 12. The molecule has 3 heterocycles. The highest BCUT2D eigenvalue weighted by molar-refractivity contribution is 6.30. The zero-order valence-corrected chi connectivity index (χ0v) is 64.9. The van der Waals surface area contributed by atoms with E-state index in [1.807, 2.05) is 75.4 Å². The number of rotatable bonds is 15. The molecule has 14 heteroatoms. The van der Waals surface area contributed by atoms with E-state index in [0.29, 0.717) is 23.2 Å². The van der Waals surface area contributed by atoms with Gasteiger partial charge in [-0.15, -0.1) is 0 Å². The zero-order chi connectivity index (χ0) is 74.1. The minimum Gasteiger partial charge on any atom is -0.468 e. The quantitative estimate of drug-likeness (QED) is 0.0431. The third-order valence-corrected chi connectivity index (χ3v) is 23.5. The second-order valence-electron chi connectivity index (χ2n) is 31.3. The first kappa shape index (κ1) is 81.1. The number of nitrogens with zero attached hydrogens (tertiary/aromatic N) is 6. The highest BCUT2D eigenvalue weighted by atomic mass is 35.5. The fraction of sp³-hybridized carbons (Fsp3) is 0.505. The lowest BCUT2D eigenvalue weighted by Crippen LogP contribution is -2.44. The fourth-order valence-electron chi connectivity index (χ4n) is 16.6. The molecule has 13 nitrogen and oxygen atoms in total. The summed E-state index contributed by atoms with van der Waals surface area (Å²) in [6.45, 7) is 25.9. The van der Waals surface area contributed by atoms with Crippen LogP contribution in [-0.4, -0.2) is 80.7 Å². The van der Waals surface area contributed by atoms with Gasteiger partial charge in [-0.3, -0.25) is 19.2 Å². The van der Waals surface area contributed by atoms with Crippen molar-refractivity contribution in [2.45, 2.75) is 245 Å². The van der Waals surface area contributed by atoms with E-state index in [9.17, 15) is 19.2 Å². The van der Waals surface area contributed by atoms with Crippen molar-refractivity contribution in [3.8, 4) is 0 Å². The largest absolute Gasteiger partial charge is 0.468 e. The first-order chi connectivity index (χ1) is 50.1. The Morgan fingerprint density at radius 1 is 0.505 bits per heavy atom. The van der Waals surface area contributed by atoms with Crippen LogP contribution in [-0.2, 0) is 65.5 Å². The van der Waals surface area contributed by atoms with Crippen LogP contribution in [0.3, 0.4) is 0 Å². The Morgan fingerprint density at radius 2 is 0.933 bits per heavy atom. The lowest BCUT2D eigenvalue weighted by Gasteiger charge is -2.38. The third kappa shape index (κ3) is 19.6. The van der Waals surface area contributed by atoms with Crippen molar-refractivity contribution in [1.82, 2.24) is 35.2 Å². The molecule has 2 N–H and O–H groups in total. The van der Waals surface area contributed by atoms with E-state index in [1.54, 1.807) is 0 Å². The summed E-state index contributed by atoms with van der Waals surface area (Å²) in [7, 11) is 1.34. The maximum absolute atomic E-state index is 12.5. The summed E-state index contributed by atoms with van der Waals surface area (Å²) in [6.07, 6.45) is 24.0. The highest BCUT2D eigenvalue weighted by Gasteiger charge is 2.46. The molecular formula is C91H119ClN8O5. The number of ether oxygens (including phenoxy) is 1. The predicted octanol–water partition coefficient (Wildman–Crippen LogP) is 19.5. The van der Waals surface area contributed by atoms with Crippen LogP contribution in [0.1, 0.15) is 257 Å². The van der Waals surface area contributed by atoms with Crippen molar-refractivity contribution >= 4 is 35.0 Å². The second-order valence-corrected chi connectivity index (χ2v) is 31.7. The Kier molecular flexibility index (Phi) is 28.6. The van der Waals surface area contributed by atoms with Gasteiger partial charge in [-0.2, -0.15) is 0 Å². The number of carbonyl (C=O) groups excluding carboxylic acids is 3. The molecule has 5 aromatic carbocycles. The molecular weight excluding hydrogens is 1320 g/mol. The van der Waals surface area contributed by atoms with Crippen LogP contribution in [0.2, 0.25) is 5.15 Å². The standard InChI is InChI=1S/C23H31N3.C16H17ClN2.C16H18N2O.C15H18O3.C13H16O.C7H15N.CH4/c1-4-15-26(16-18-12-13-18)22-20-11-8-14-23(3,19-9-6-5-7-10-19)21(20)24-17(2)25-22;1-11-18-14-13(15(17)19-11)9-6-10-16(14,2)12-7-4-3-5-8-12;1-11-17-14-13(15(19)18-11)9-6-10-16(14,2)12-7-4-3-5-8-12;1-15(11-7-4-3-5-8-11)10-6-9-12(13(15)16)14(17)18-2;1-13(10-6-5-9-12(13)14)11-7-3-2-4-8-11;1-2-5-8-6-7-3-4-7;/h5-7,9-10,18H,4,8,11-16H2,1-3H3;3-5,7-8H,6,9-10H2,1-2H3;3-5,7-8H,6,9-10H2,1-2H3,(H,17,18,19);3-5,7-8,12H,6,9-10H2,1-2H3;2-4,7-8H,5-6,9-10H2,1H3;7-8H,2-6H2,1H3;1H4. The Morgan fingerprint density at radius 3 is 1.40 bits per heavy atom. The van der Waals surface area contributed by atoms with E-state index >= 15 is 0 Å². The average molecular weight is 1440 g/mol. The lowest BCUT2D eigenvalue weighted by atomic mass is 9.66. The van der Waals surface area contributed by atoms with Crippen LogP contribution in [0.5, 0.6) is 0 Å². The monoisotopic (exact) mass is 1440 g/mol. The molecule has 15 rings (SSSR count). The number of benzene rings is 5. The van der Waals surface area contributed by atoms with Gasteiger partial charge in [0.1, 0.15) is 40.1 Å². The molecule has 6 atom stereocenters. The number of Topliss-reactive ketones (excluding diaryl/α,β-unsaturated/α-hetero) is 2. The average Bonchev–Trinajstić information content (AvgIpc) is 1.68. The van der Waals surface area contributed by atoms with Gasteiger partial charge < -0.3 is 19.9 Å². The molecule has 560 valence electrons. The first-order valence-electron chi connectivity index (χ1n) is 39.0. The number of fused-ring (bicyclic) bond motifs is 3. The molecule has 0 saturated heterocycles. The van der Waals surface area contributed by atoms with Crippen LogP contribution in [0.25, 0.3) is 0 Å². The van der Waals surface area contributed by atoms with E-state index in [-0.39, 0.29) is 40.4 Å². The third-order valence-electron chi connectivity index (χ3n) is 23.2. The topological polar surface area (TPSA) is 173 Å². The molecule has 0 amide bonds. The predicted molar refractivity (Wildman–Crippen MR) is 429 cm³/mol. The maximum atomic E-state index is 12.5. The van der Waals surface area contributed by atoms with Crippen molar-refractivity contribution in [3.63, 3.8) is 0 Å². The van der Waals surface area contributed by atoms with E-state index < -0.39 is 17.3 Å². The van der Waals surface area contributed by atoms with Gasteiger partial charge in [-0.25, -0.2) is 24.9 Å². The number of halogens is 1. The second kappa shape index (κ2) is 37.0. The smallest absolute Gasteiger partial charge is 0.316 e. The van der Waals surface area contributed by atoms with Crippen LogP contribution in [0.15, 0.2) is 156 Å². The molecule has 0 radical (unpaired) electrons. The molecule has 105 heavy (non-hydrogen) atoms. The van der Waals surface area contributed by atoms with Crippen LogP contribution >= 0.6 is 11.6 Å². The molecule has 4 saturated carbocycles. The number of hydrogen-bond donors (Lipinski definition) is 2. The number of carbonyl (C=O) groups is 3. The minimum absolute atomic E-state index is 0. The molecule has 0 bridgehead atoms. The van der Waals surface area contributed by atoms with Crippen molar-refractivity contribution in [1.29, 1.82) is 0 Å². The fourth-order valence-corrected chi connectivity index (χ4v) is 16.9. The number of aromatic nitrogens is 6. The molecule has 3 aromatic heterocycles. The Bertz CT molecular complexity index is 4190. The number of methoxy groups -OCH3 is 1. The molecule has 4 fully saturated rings. The van der Waals surface area contributed by atoms with Gasteiger partial charge in [0.15, 0.2) is 5.78 Å².